The van der Waals surface area contributed by atoms with E-state index in [0.717, 1.165) is 34.6 Å². The smallest absolute Gasteiger partial charge is 0.316 e. The van der Waals surface area contributed by atoms with Gasteiger partial charge in [0.15, 0.2) is 5.78 Å². The van der Waals surface area contributed by atoms with E-state index in [9.17, 15) is 9.59 Å². The first-order chi connectivity index (χ1) is 17.5. The highest BCUT2D eigenvalue weighted by Gasteiger charge is 2.44. The number of rotatable bonds is 3. The van der Waals surface area contributed by atoms with Crippen molar-refractivity contribution in [3.63, 3.8) is 0 Å². The summed E-state index contributed by atoms with van der Waals surface area (Å²) in [5.74, 6) is -1.62. The fourth-order valence-corrected chi connectivity index (χ4v) is 5.98. The van der Waals surface area contributed by atoms with Crippen LogP contribution < -0.4 is 10.6 Å². The molecule has 1 aliphatic heterocycles. The van der Waals surface area contributed by atoms with Gasteiger partial charge < -0.3 is 19.9 Å². The third-order valence-electron chi connectivity index (χ3n) is 7.67. The molecule has 6 nitrogen and oxygen atoms in total. The number of Topliss-reactive ketones (excluding diaryl/α,β-unsaturated/α-hetero) is 1. The topological polar surface area (TPSA) is 72.4 Å². The minimum atomic E-state index is -0.813. The van der Waals surface area contributed by atoms with E-state index in [2.05, 4.69) is 64.6 Å². The molecule has 3 atom stereocenters. The lowest BCUT2D eigenvalue weighted by Gasteiger charge is -2.32. The van der Waals surface area contributed by atoms with E-state index in [1.54, 1.807) is 0 Å². The zero-order chi connectivity index (χ0) is 25.0. The lowest BCUT2D eigenvalue weighted by molar-refractivity contribution is -0.151. The van der Waals surface area contributed by atoms with Crippen molar-refractivity contribution in [2.75, 3.05) is 17.7 Å². The Hall–Kier alpha value is -4.06. The summed E-state index contributed by atoms with van der Waals surface area (Å²) < 4.78 is 7.36. The number of hydrogen-bond acceptors (Lipinski definition) is 5. The van der Waals surface area contributed by atoms with Gasteiger partial charge in [-0.15, -0.1) is 0 Å². The van der Waals surface area contributed by atoms with Gasteiger partial charge in [0.25, 0.3) is 0 Å². The second-order valence-corrected chi connectivity index (χ2v) is 9.72. The van der Waals surface area contributed by atoms with Crippen LogP contribution in [0.4, 0.5) is 11.4 Å². The molecule has 6 heteroatoms. The number of aromatic nitrogens is 1. The molecule has 0 unspecified atom stereocenters. The number of hydrogen-bond donors (Lipinski definition) is 2. The average molecular weight is 480 g/mol. The number of aryl methyl sites for hydroxylation is 1. The molecule has 0 fully saturated rings. The van der Waals surface area contributed by atoms with E-state index in [1.807, 2.05) is 31.2 Å². The predicted molar refractivity (Wildman–Crippen MR) is 143 cm³/mol. The van der Waals surface area contributed by atoms with E-state index in [-0.39, 0.29) is 11.7 Å². The number of carbonyl (C=O) groups excluding carboxylic acids is 2. The normalized spacial score (nSPS) is 21.4. The quantitative estimate of drug-likeness (QED) is 0.277. The number of benzene rings is 3. The molecular weight excluding hydrogens is 450 g/mol. The van der Waals surface area contributed by atoms with Crippen LogP contribution in [0, 0.1) is 11.8 Å². The first-order valence-electron chi connectivity index (χ1n) is 12.5. The molecule has 0 amide bonds. The highest BCUT2D eigenvalue weighted by atomic mass is 16.5. The van der Waals surface area contributed by atoms with Crippen molar-refractivity contribution in [1.29, 1.82) is 0 Å². The Bertz CT molecular complexity index is 1560. The van der Waals surface area contributed by atoms with E-state index in [0.29, 0.717) is 12.0 Å². The lowest BCUT2D eigenvalue weighted by atomic mass is 9.74. The maximum Gasteiger partial charge on any atom is 0.316 e. The predicted octanol–water partition coefficient (Wildman–Crippen LogP) is 6.05. The number of ketones is 1. The number of ether oxygens (including phenoxy) is 1. The fraction of sp³-hybridized carbons (Fsp3) is 0.267. The van der Waals surface area contributed by atoms with Gasteiger partial charge in [0, 0.05) is 39.6 Å². The standard InChI is InChI=1S/C30H29N3O3/c1-4-33-24-12-8-5-9-19(24)20-16-18(13-14-25(20)33)28-27-23(31-21-10-6-7-11-22(21)32-28)15-17(2)26(29(27)34)30(35)36-3/h5-14,16-17,26,28,31-32H,4,15H2,1-3H3/t17-,26+,28-/m1/s1. The van der Waals surface area contributed by atoms with E-state index < -0.39 is 17.9 Å². The van der Waals surface area contributed by atoms with Gasteiger partial charge >= 0.3 is 5.97 Å². The lowest BCUT2D eigenvalue weighted by Crippen LogP contribution is -2.39. The van der Waals surface area contributed by atoms with E-state index in [1.165, 1.54) is 23.5 Å². The summed E-state index contributed by atoms with van der Waals surface area (Å²) in [4.78, 5) is 26.6. The Labute approximate surface area is 209 Å². The first kappa shape index (κ1) is 22.4. The Morgan fingerprint density at radius 1 is 1.00 bits per heavy atom. The van der Waals surface area contributed by atoms with Crippen molar-refractivity contribution in [2.24, 2.45) is 11.8 Å². The number of anilines is 2. The summed E-state index contributed by atoms with van der Waals surface area (Å²) in [6, 6.07) is 22.4. The van der Waals surface area contributed by atoms with Crippen molar-refractivity contribution in [3.8, 4) is 0 Å². The molecule has 1 aromatic heterocycles. The van der Waals surface area contributed by atoms with Gasteiger partial charge in [-0.1, -0.05) is 43.3 Å². The van der Waals surface area contributed by atoms with Crippen LogP contribution in [-0.2, 0) is 20.9 Å². The molecule has 1 aliphatic carbocycles. The number of esters is 1. The van der Waals surface area contributed by atoms with Gasteiger partial charge in [0.2, 0.25) is 0 Å². The monoisotopic (exact) mass is 479 g/mol. The summed E-state index contributed by atoms with van der Waals surface area (Å²) in [6.07, 6.45) is 0.588. The molecule has 3 aromatic carbocycles. The summed E-state index contributed by atoms with van der Waals surface area (Å²) in [5.41, 5.74) is 6.67. The molecule has 0 radical (unpaired) electrons. The molecule has 0 spiro atoms. The second-order valence-electron chi connectivity index (χ2n) is 9.72. The molecular formula is C30H29N3O3. The average Bonchev–Trinajstić information content (AvgIpc) is 3.10. The Kier molecular flexibility index (Phi) is 5.32. The highest BCUT2D eigenvalue weighted by Crippen LogP contribution is 2.44. The molecule has 2 heterocycles. The number of fused-ring (bicyclic) bond motifs is 4. The molecule has 0 saturated carbocycles. The first-order valence-corrected chi connectivity index (χ1v) is 12.5. The van der Waals surface area contributed by atoms with Crippen LogP contribution in [0.2, 0.25) is 0 Å². The number of para-hydroxylation sites is 3. The van der Waals surface area contributed by atoms with Crippen LogP contribution in [-0.4, -0.2) is 23.4 Å². The van der Waals surface area contributed by atoms with Crippen LogP contribution in [0.25, 0.3) is 21.8 Å². The number of carbonyl (C=O) groups is 2. The summed E-state index contributed by atoms with van der Waals surface area (Å²) in [5, 5.41) is 9.49. The second kappa shape index (κ2) is 8.55. The molecule has 2 aliphatic rings. The van der Waals surface area contributed by atoms with Gasteiger partial charge in [0.1, 0.15) is 5.92 Å². The maximum absolute atomic E-state index is 13.9. The minimum Gasteiger partial charge on any atom is -0.468 e. The van der Waals surface area contributed by atoms with Gasteiger partial charge in [-0.2, -0.15) is 0 Å². The number of nitrogens with zero attached hydrogens (tertiary/aromatic N) is 1. The van der Waals surface area contributed by atoms with Crippen LogP contribution in [0.15, 0.2) is 78.0 Å². The molecule has 0 saturated heterocycles. The van der Waals surface area contributed by atoms with Crippen LogP contribution >= 0.6 is 0 Å². The fourth-order valence-electron chi connectivity index (χ4n) is 5.98. The Balaban J connectivity index is 1.57. The number of nitrogens with one attached hydrogen (secondary N) is 2. The van der Waals surface area contributed by atoms with Gasteiger partial charge in [-0.25, -0.2) is 0 Å². The summed E-state index contributed by atoms with van der Waals surface area (Å²) in [6.45, 7) is 4.96. The van der Waals surface area contributed by atoms with Crippen LogP contribution in [0.5, 0.6) is 0 Å². The summed E-state index contributed by atoms with van der Waals surface area (Å²) in [7, 11) is 1.35. The van der Waals surface area contributed by atoms with Gasteiger partial charge in [-0.05, 0) is 55.2 Å². The maximum atomic E-state index is 13.9. The van der Waals surface area contributed by atoms with Crippen molar-refractivity contribution < 1.29 is 14.3 Å². The third kappa shape index (κ3) is 3.32. The molecule has 36 heavy (non-hydrogen) atoms. The van der Waals surface area contributed by atoms with Crippen LogP contribution in [0.3, 0.4) is 0 Å². The molecule has 2 N–H and O–H groups in total. The molecule has 182 valence electrons. The minimum absolute atomic E-state index is 0.160. The number of methoxy groups -OCH3 is 1. The molecule has 0 bridgehead atoms. The Morgan fingerprint density at radius 3 is 2.50 bits per heavy atom. The van der Waals surface area contributed by atoms with E-state index in [4.69, 9.17) is 4.74 Å². The van der Waals surface area contributed by atoms with E-state index >= 15 is 0 Å². The number of allylic oxidation sites excluding steroid dienone is 1. The van der Waals surface area contributed by atoms with Crippen LogP contribution in [0.1, 0.15) is 31.9 Å². The van der Waals surface area contributed by atoms with Gasteiger partial charge in [0.05, 0.1) is 24.5 Å². The SMILES string of the molecule is CCn1c2ccccc2c2cc([C@H]3Nc4ccccc4NC4=C3C(=O)[C@@H](C(=O)OC)[C@H](C)C4)ccc21. The third-order valence-corrected chi connectivity index (χ3v) is 7.67. The summed E-state index contributed by atoms with van der Waals surface area (Å²) >= 11 is 0. The zero-order valence-electron chi connectivity index (χ0n) is 20.7. The molecule has 4 aromatic rings. The van der Waals surface area contributed by atoms with Crippen molar-refractivity contribution in [3.05, 3.63) is 83.6 Å². The van der Waals surface area contributed by atoms with Crippen molar-refractivity contribution in [2.45, 2.75) is 32.9 Å². The Morgan fingerprint density at radius 2 is 1.72 bits per heavy atom. The van der Waals surface area contributed by atoms with Crippen molar-refractivity contribution >= 4 is 44.9 Å². The zero-order valence-corrected chi connectivity index (χ0v) is 20.7. The van der Waals surface area contributed by atoms with Crippen molar-refractivity contribution in [1.82, 2.24) is 4.57 Å². The molecule has 6 rings (SSSR count). The highest BCUT2D eigenvalue weighted by molar-refractivity contribution is 6.12. The van der Waals surface area contributed by atoms with Gasteiger partial charge in [-0.3, -0.25) is 9.59 Å². The largest absolute Gasteiger partial charge is 0.468 e.